The van der Waals surface area contributed by atoms with Crippen LogP contribution < -0.4 is 10.6 Å². The predicted octanol–water partition coefficient (Wildman–Crippen LogP) is 9.11. The van der Waals surface area contributed by atoms with Crippen LogP contribution in [-0.4, -0.2) is 53.4 Å². The van der Waals surface area contributed by atoms with Gasteiger partial charge in [0.15, 0.2) is 5.69 Å². The Bertz CT molecular complexity index is 2000. The van der Waals surface area contributed by atoms with Crippen molar-refractivity contribution in [2.45, 2.75) is 117 Å². The number of nitrogens with zero attached hydrogens (tertiary/aromatic N) is 6. The lowest BCUT2D eigenvalue weighted by atomic mass is 9.86. The van der Waals surface area contributed by atoms with Crippen molar-refractivity contribution in [3.8, 4) is 0 Å². The second-order valence-corrected chi connectivity index (χ2v) is 15.5. The number of pyridine rings is 2. The summed E-state index contributed by atoms with van der Waals surface area (Å²) >= 11 is 11.8. The molecular weight excluding hydrogens is 785 g/mol. The number of alkyl halides is 6. The van der Waals surface area contributed by atoms with Crippen LogP contribution in [0.4, 0.5) is 26.3 Å². The van der Waals surface area contributed by atoms with Gasteiger partial charge in [0.05, 0.1) is 38.3 Å². The molecule has 2 aliphatic carbocycles. The lowest BCUT2D eigenvalue weighted by Gasteiger charge is -2.29. The number of amides is 2. The average molecular weight is 830 g/mol. The van der Waals surface area contributed by atoms with Crippen molar-refractivity contribution >= 4 is 35.0 Å². The van der Waals surface area contributed by atoms with E-state index >= 15 is 0 Å². The van der Waals surface area contributed by atoms with Gasteiger partial charge in [-0.15, -0.1) is 0 Å². The summed E-state index contributed by atoms with van der Waals surface area (Å²) in [4.78, 5) is 33.1. The van der Waals surface area contributed by atoms with Gasteiger partial charge in [-0.1, -0.05) is 23.2 Å². The van der Waals surface area contributed by atoms with Crippen LogP contribution in [0, 0.1) is 39.5 Å². The molecule has 0 atom stereocenters. The van der Waals surface area contributed by atoms with Crippen molar-refractivity contribution < 1.29 is 35.9 Å². The summed E-state index contributed by atoms with van der Waals surface area (Å²) in [6.07, 6.45) is 0.229. The molecule has 0 bridgehead atoms. The molecule has 2 N–H and O–H groups in total. The highest BCUT2D eigenvalue weighted by molar-refractivity contribution is 6.31. The molecule has 4 heterocycles. The van der Waals surface area contributed by atoms with Crippen LogP contribution in [-0.2, 0) is 25.4 Å². The van der Waals surface area contributed by atoms with Crippen molar-refractivity contribution in [1.82, 2.24) is 40.2 Å². The third-order valence-electron chi connectivity index (χ3n) is 10.3. The topological polar surface area (TPSA) is 120 Å². The molecule has 6 rings (SSSR count). The van der Waals surface area contributed by atoms with E-state index in [1.165, 1.54) is 17.1 Å². The van der Waals surface area contributed by atoms with Gasteiger partial charge in [0.1, 0.15) is 5.69 Å². The molecule has 10 nitrogen and oxygen atoms in total. The first-order valence-corrected chi connectivity index (χ1v) is 19.1. The average Bonchev–Trinajstić information content (AvgIpc) is 3.70. The Morgan fingerprint density at radius 1 is 0.661 bits per heavy atom. The Labute approximate surface area is 330 Å². The van der Waals surface area contributed by atoms with E-state index < -0.39 is 23.7 Å². The van der Waals surface area contributed by atoms with Gasteiger partial charge < -0.3 is 10.6 Å². The highest BCUT2D eigenvalue weighted by Gasteiger charge is 2.37. The summed E-state index contributed by atoms with van der Waals surface area (Å²) in [7, 11) is 0. The number of rotatable bonds is 8. The number of aryl methyl sites for hydroxylation is 4. The largest absolute Gasteiger partial charge is 0.435 e. The van der Waals surface area contributed by atoms with E-state index in [0.717, 1.165) is 55.3 Å². The third-order valence-corrected chi connectivity index (χ3v) is 10.7. The molecular formula is C38H44Cl2F6N8O2. The van der Waals surface area contributed by atoms with Gasteiger partial charge in [-0.25, -0.2) is 0 Å². The summed E-state index contributed by atoms with van der Waals surface area (Å²) < 4.78 is 80.3. The molecule has 0 aliphatic heterocycles. The molecule has 4 aromatic rings. The molecule has 0 saturated heterocycles. The van der Waals surface area contributed by atoms with Crippen molar-refractivity contribution in [2.24, 2.45) is 11.8 Å². The molecule has 18 heteroatoms. The first-order valence-electron chi connectivity index (χ1n) is 18.4. The Balaban J connectivity index is 0.000000214. The zero-order chi connectivity index (χ0) is 40.9. The SMILES string of the molecule is Cc1cc(C(F)(F)F)n(CC2CCC(NC(=O)c3cc(Cl)cnc3C)CC2)n1.Cc1ncc(Cl)cc1C(=O)NC1CCC(Cn2nc(C(F)(F)F)cc2C)CC1. The van der Waals surface area contributed by atoms with Crippen LogP contribution >= 0.6 is 23.2 Å². The first kappa shape index (κ1) is 43.0. The maximum atomic E-state index is 13.1. The normalized spacial score (nSPS) is 20.2. The first-order chi connectivity index (χ1) is 26.3. The van der Waals surface area contributed by atoms with E-state index in [1.54, 1.807) is 39.8 Å². The second-order valence-electron chi connectivity index (χ2n) is 14.7. The number of hydrogen-bond donors (Lipinski definition) is 2. The molecule has 2 saturated carbocycles. The Kier molecular flexibility index (Phi) is 13.8. The predicted molar refractivity (Wildman–Crippen MR) is 198 cm³/mol. The van der Waals surface area contributed by atoms with Gasteiger partial charge in [0, 0.05) is 43.3 Å². The molecule has 56 heavy (non-hydrogen) atoms. The fourth-order valence-electron chi connectivity index (χ4n) is 7.22. The van der Waals surface area contributed by atoms with Crippen LogP contribution in [0.15, 0.2) is 36.7 Å². The molecule has 304 valence electrons. The van der Waals surface area contributed by atoms with Crippen LogP contribution in [0.2, 0.25) is 10.0 Å². The fraction of sp³-hybridized carbons (Fsp3) is 0.526. The van der Waals surface area contributed by atoms with Gasteiger partial charge >= 0.3 is 12.4 Å². The van der Waals surface area contributed by atoms with Crippen LogP contribution in [0.1, 0.15) is 106 Å². The smallest absolute Gasteiger partial charge is 0.349 e. The van der Waals surface area contributed by atoms with Gasteiger partial charge in [-0.3, -0.25) is 28.9 Å². The molecule has 2 aliphatic rings. The molecule has 0 radical (unpaired) electrons. The van der Waals surface area contributed by atoms with Crippen LogP contribution in [0.25, 0.3) is 0 Å². The molecule has 4 aromatic heterocycles. The zero-order valence-corrected chi connectivity index (χ0v) is 32.9. The quantitative estimate of drug-likeness (QED) is 0.171. The molecule has 0 aromatic carbocycles. The van der Waals surface area contributed by atoms with Crippen molar-refractivity contribution in [3.05, 3.63) is 92.0 Å². The highest BCUT2D eigenvalue weighted by Crippen LogP contribution is 2.33. The summed E-state index contributed by atoms with van der Waals surface area (Å²) in [6, 6.07) is 5.36. The van der Waals surface area contributed by atoms with E-state index in [4.69, 9.17) is 23.2 Å². The lowest BCUT2D eigenvalue weighted by molar-refractivity contribution is -0.144. The van der Waals surface area contributed by atoms with Crippen molar-refractivity contribution in [3.63, 3.8) is 0 Å². The van der Waals surface area contributed by atoms with Gasteiger partial charge in [-0.05, 0) is 115 Å². The number of carbonyl (C=O) groups is 2. The minimum atomic E-state index is -4.43. The van der Waals surface area contributed by atoms with Gasteiger partial charge in [-0.2, -0.15) is 36.5 Å². The van der Waals surface area contributed by atoms with Crippen molar-refractivity contribution in [2.75, 3.05) is 0 Å². The van der Waals surface area contributed by atoms with E-state index in [9.17, 15) is 35.9 Å². The standard InChI is InChI=1S/2C19H22ClF3N4O/c1-11-7-17(19(21,22)23)26-27(11)10-13-3-5-15(6-4-13)25-18(28)16-8-14(20)9-24-12(16)2;1-11-7-17(19(21,22)23)27(26-11)10-13-3-5-15(6-4-13)25-18(28)16-8-14(20)9-24-12(16)2/h2*7-9,13,15H,3-6,10H2,1-2H3,(H,25,28). The number of halogens is 8. The second kappa shape index (κ2) is 18.0. The van der Waals surface area contributed by atoms with Gasteiger partial charge in [0.2, 0.25) is 0 Å². The van der Waals surface area contributed by atoms with E-state index in [2.05, 4.69) is 30.8 Å². The molecule has 2 fully saturated rings. The van der Waals surface area contributed by atoms with E-state index in [-0.39, 0.29) is 42.3 Å². The number of hydrogen-bond acceptors (Lipinski definition) is 6. The summed E-state index contributed by atoms with van der Waals surface area (Å²) in [5.74, 6) is -0.0859. The minimum Gasteiger partial charge on any atom is -0.349 e. The maximum Gasteiger partial charge on any atom is 0.435 e. The number of aromatic nitrogens is 6. The summed E-state index contributed by atoms with van der Waals surface area (Å²) in [6.45, 7) is 7.39. The molecule has 2 amide bonds. The number of nitrogens with one attached hydrogen (secondary N) is 2. The maximum absolute atomic E-state index is 13.1. The van der Waals surface area contributed by atoms with Crippen molar-refractivity contribution in [1.29, 1.82) is 0 Å². The molecule has 0 unspecified atom stereocenters. The summed E-state index contributed by atoms with van der Waals surface area (Å²) in [5.41, 5.74) is 1.43. The zero-order valence-electron chi connectivity index (χ0n) is 31.4. The Morgan fingerprint density at radius 3 is 1.52 bits per heavy atom. The van der Waals surface area contributed by atoms with E-state index in [1.807, 2.05) is 0 Å². The Morgan fingerprint density at radius 2 is 1.11 bits per heavy atom. The molecule has 0 spiro atoms. The van der Waals surface area contributed by atoms with Crippen LogP contribution in [0.5, 0.6) is 0 Å². The summed E-state index contributed by atoms with van der Waals surface area (Å²) in [5, 5.41) is 14.5. The number of carbonyl (C=O) groups excluding carboxylic acids is 2. The van der Waals surface area contributed by atoms with E-state index in [0.29, 0.717) is 63.3 Å². The Hall–Kier alpha value is -4.18. The third kappa shape index (κ3) is 11.5. The monoisotopic (exact) mass is 828 g/mol. The van der Waals surface area contributed by atoms with Crippen LogP contribution in [0.3, 0.4) is 0 Å². The lowest BCUT2D eigenvalue weighted by Crippen LogP contribution is -2.38. The fourth-order valence-corrected chi connectivity index (χ4v) is 7.53. The highest BCUT2D eigenvalue weighted by atomic mass is 35.5. The van der Waals surface area contributed by atoms with Gasteiger partial charge in [0.25, 0.3) is 11.8 Å². The minimum absolute atomic E-state index is 0.0106.